The van der Waals surface area contributed by atoms with Gasteiger partial charge >= 0.3 is 11.9 Å². The molecular formula is C15H20O6. The van der Waals surface area contributed by atoms with Crippen LogP contribution in [0.3, 0.4) is 0 Å². The Balaban J connectivity index is 2.17. The molecule has 0 amide bonds. The van der Waals surface area contributed by atoms with Gasteiger partial charge in [0.2, 0.25) is 0 Å². The van der Waals surface area contributed by atoms with Crippen LogP contribution in [0.15, 0.2) is 11.6 Å². The molecule has 2 saturated carbocycles. The van der Waals surface area contributed by atoms with Crippen LogP contribution in [0.2, 0.25) is 0 Å². The highest BCUT2D eigenvalue weighted by molar-refractivity contribution is 5.88. The molecule has 2 bridgehead atoms. The summed E-state index contributed by atoms with van der Waals surface area (Å²) in [4.78, 5) is 23.0. The second kappa shape index (κ2) is 4.30. The van der Waals surface area contributed by atoms with Crippen LogP contribution >= 0.6 is 0 Å². The standard InChI is InChI=1S/C15H20O6/c1-14(6-16)9-5-15(11(17)4-7(9)12(18)19)8(13(20)21)2-3-10(14)15/h4,8-11,16-17H,2-3,5-6H2,1H3,(H,18,19)(H,20,21). The smallest absolute Gasteiger partial charge is 0.331 e. The van der Waals surface area contributed by atoms with Gasteiger partial charge in [0.15, 0.2) is 0 Å². The van der Waals surface area contributed by atoms with E-state index >= 15 is 0 Å². The average Bonchev–Trinajstić information content (AvgIpc) is 2.89. The fourth-order valence-corrected chi connectivity index (χ4v) is 5.41. The van der Waals surface area contributed by atoms with Crippen molar-refractivity contribution < 1.29 is 30.0 Å². The molecule has 4 N–H and O–H groups in total. The minimum Gasteiger partial charge on any atom is -0.481 e. The van der Waals surface area contributed by atoms with Crippen molar-refractivity contribution in [2.45, 2.75) is 32.3 Å². The number of carbonyl (C=O) groups is 2. The van der Waals surface area contributed by atoms with Crippen LogP contribution in [-0.4, -0.2) is 45.1 Å². The second-order valence-corrected chi connectivity index (χ2v) is 6.93. The largest absolute Gasteiger partial charge is 0.481 e. The first-order valence-electron chi connectivity index (χ1n) is 7.25. The highest BCUT2D eigenvalue weighted by Gasteiger charge is 2.71. The van der Waals surface area contributed by atoms with Gasteiger partial charge in [-0.05, 0) is 37.2 Å². The van der Waals surface area contributed by atoms with E-state index in [0.717, 1.165) is 0 Å². The lowest BCUT2D eigenvalue weighted by atomic mass is 9.65. The molecule has 0 saturated heterocycles. The van der Waals surface area contributed by atoms with Gasteiger partial charge < -0.3 is 20.4 Å². The number of aliphatic hydroxyl groups is 2. The Hall–Kier alpha value is -1.40. The number of carboxylic acid groups (broad SMARTS) is 2. The minimum atomic E-state index is -1.10. The number of rotatable bonds is 3. The average molecular weight is 296 g/mol. The third kappa shape index (κ3) is 1.54. The predicted octanol–water partition coefficient (Wildman–Crippen LogP) is 0.488. The van der Waals surface area contributed by atoms with E-state index in [9.17, 15) is 30.0 Å². The summed E-state index contributed by atoms with van der Waals surface area (Å²) in [5.74, 6) is -3.30. The molecule has 21 heavy (non-hydrogen) atoms. The maximum atomic E-state index is 11.6. The van der Waals surface area contributed by atoms with Gasteiger partial charge in [0.25, 0.3) is 0 Å². The number of aliphatic hydroxyl groups excluding tert-OH is 2. The lowest BCUT2D eigenvalue weighted by Crippen LogP contribution is -2.45. The van der Waals surface area contributed by atoms with E-state index in [1.165, 1.54) is 6.08 Å². The van der Waals surface area contributed by atoms with Crippen molar-refractivity contribution >= 4 is 11.9 Å². The molecule has 116 valence electrons. The molecule has 0 aromatic heterocycles. The van der Waals surface area contributed by atoms with Crippen LogP contribution in [0.4, 0.5) is 0 Å². The molecule has 6 atom stereocenters. The number of fused-ring (bicyclic) bond motifs is 1. The minimum absolute atomic E-state index is 0.114. The van der Waals surface area contributed by atoms with E-state index in [1.807, 2.05) is 6.92 Å². The van der Waals surface area contributed by atoms with Gasteiger partial charge in [-0.2, -0.15) is 0 Å². The van der Waals surface area contributed by atoms with E-state index in [4.69, 9.17) is 0 Å². The molecular weight excluding hydrogens is 276 g/mol. The maximum Gasteiger partial charge on any atom is 0.331 e. The first-order valence-corrected chi connectivity index (χ1v) is 7.25. The molecule has 3 rings (SSSR count). The van der Waals surface area contributed by atoms with Gasteiger partial charge in [0.1, 0.15) is 0 Å². The molecule has 0 heterocycles. The third-order valence-corrected chi connectivity index (χ3v) is 6.34. The molecule has 0 aromatic rings. The Morgan fingerprint density at radius 3 is 2.52 bits per heavy atom. The Morgan fingerprint density at radius 2 is 2.00 bits per heavy atom. The van der Waals surface area contributed by atoms with Crippen molar-refractivity contribution in [2.75, 3.05) is 6.61 Å². The topological polar surface area (TPSA) is 115 Å². The summed E-state index contributed by atoms with van der Waals surface area (Å²) in [6.45, 7) is 1.62. The fraction of sp³-hybridized carbons (Fsp3) is 0.733. The van der Waals surface area contributed by atoms with Gasteiger partial charge in [0.05, 0.1) is 12.0 Å². The van der Waals surface area contributed by atoms with Gasteiger partial charge in [-0.1, -0.05) is 6.92 Å². The number of hydrogen-bond donors (Lipinski definition) is 4. The summed E-state index contributed by atoms with van der Waals surface area (Å²) in [6, 6.07) is 0. The summed E-state index contributed by atoms with van der Waals surface area (Å²) in [5.41, 5.74) is -1.41. The van der Waals surface area contributed by atoms with Crippen LogP contribution < -0.4 is 0 Å². The van der Waals surface area contributed by atoms with Crippen molar-refractivity contribution in [3.05, 3.63) is 11.6 Å². The summed E-state index contributed by atoms with van der Waals surface area (Å²) in [6.07, 6.45) is 1.62. The molecule has 0 radical (unpaired) electrons. The molecule has 0 aliphatic heterocycles. The van der Waals surface area contributed by atoms with E-state index < -0.39 is 40.7 Å². The Kier molecular flexibility index (Phi) is 2.98. The lowest BCUT2D eigenvalue weighted by molar-refractivity contribution is -0.150. The highest BCUT2D eigenvalue weighted by Crippen LogP contribution is 2.71. The molecule has 6 nitrogen and oxygen atoms in total. The van der Waals surface area contributed by atoms with Gasteiger partial charge in [-0.15, -0.1) is 0 Å². The first-order chi connectivity index (χ1) is 9.79. The van der Waals surface area contributed by atoms with Crippen LogP contribution in [-0.2, 0) is 9.59 Å². The first kappa shape index (κ1) is 14.5. The van der Waals surface area contributed by atoms with Crippen molar-refractivity contribution in [1.82, 2.24) is 0 Å². The normalized spacial score (nSPS) is 47.9. The molecule has 2 fully saturated rings. The van der Waals surface area contributed by atoms with Gasteiger partial charge in [-0.3, -0.25) is 4.79 Å². The molecule has 1 spiro atoms. The van der Waals surface area contributed by atoms with Crippen molar-refractivity contribution in [3.63, 3.8) is 0 Å². The summed E-state index contributed by atoms with van der Waals surface area (Å²) in [5, 5.41) is 39.3. The number of aliphatic carboxylic acids is 2. The van der Waals surface area contributed by atoms with Crippen LogP contribution in [0.25, 0.3) is 0 Å². The van der Waals surface area contributed by atoms with Gasteiger partial charge in [0, 0.05) is 23.0 Å². The SMILES string of the molecule is CC1(CO)C2CC3(C(O)C=C2C(=O)O)C(C(=O)O)CCC13. The van der Waals surface area contributed by atoms with E-state index in [2.05, 4.69) is 0 Å². The van der Waals surface area contributed by atoms with Crippen molar-refractivity contribution in [2.24, 2.45) is 28.6 Å². The zero-order valence-corrected chi connectivity index (χ0v) is 11.8. The molecule has 0 aromatic carbocycles. The van der Waals surface area contributed by atoms with Crippen LogP contribution in [0.1, 0.15) is 26.2 Å². The highest BCUT2D eigenvalue weighted by atomic mass is 16.4. The van der Waals surface area contributed by atoms with Crippen molar-refractivity contribution in [1.29, 1.82) is 0 Å². The number of carboxylic acids is 2. The predicted molar refractivity (Wildman–Crippen MR) is 71.3 cm³/mol. The maximum absolute atomic E-state index is 11.6. The van der Waals surface area contributed by atoms with E-state index in [1.54, 1.807) is 0 Å². The Bertz CT molecular complexity index is 540. The lowest BCUT2D eigenvalue weighted by Gasteiger charge is -2.40. The van der Waals surface area contributed by atoms with Gasteiger partial charge in [-0.25, -0.2) is 4.79 Å². The monoisotopic (exact) mass is 296 g/mol. The van der Waals surface area contributed by atoms with E-state index in [-0.39, 0.29) is 18.1 Å². The quantitative estimate of drug-likeness (QED) is 0.602. The molecule has 6 heteroatoms. The Morgan fingerprint density at radius 1 is 1.33 bits per heavy atom. The van der Waals surface area contributed by atoms with Crippen LogP contribution in [0.5, 0.6) is 0 Å². The summed E-state index contributed by atoms with van der Waals surface area (Å²) < 4.78 is 0. The second-order valence-electron chi connectivity index (χ2n) is 6.93. The summed E-state index contributed by atoms with van der Waals surface area (Å²) >= 11 is 0. The van der Waals surface area contributed by atoms with Crippen LogP contribution in [0, 0.1) is 28.6 Å². The number of hydrogen-bond acceptors (Lipinski definition) is 4. The third-order valence-electron chi connectivity index (χ3n) is 6.34. The van der Waals surface area contributed by atoms with Crippen molar-refractivity contribution in [3.8, 4) is 0 Å². The zero-order valence-electron chi connectivity index (χ0n) is 11.8. The summed E-state index contributed by atoms with van der Waals surface area (Å²) in [7, 11) is 0. The Labute approximate surface area is 122 Å². The fourth-order valence-electron chi connectivity index (χ4n) is 5.41. The molecule has 6 unspecified atom stereocenters. The molecule has 3 aliphatic carbocycles. The molecule has 3 aliphatic rings. The van der Waals surface area contributed by atoms with E-state index in [0.29, 0.717) is 19.3 Å². The zero-order chi connectivity index (χ0) is 15.6.